The van der Waals surface area contributed by atoms with E-state index in [1.165, 1.54) is 5.39 Å². The maximum atomic E-state index is 5.14. The molecule has 66 valence electrons. The van der Waals surface area contributed by atoms with Crippen molar-refractivity contribution in [2.75, 3.05) is 7.11 Å². The molecule has 0 unspecified atom stereocenters. The Hall–Kier alpha value is -1.57. The van der Waals surface area contributed by atoms with Crippen LogP contribution in [-0.2, 0) is 0 Å². The molecular weight excluding hydrogens is 162 g/mol. The van der Waals surface area contributed by atoms with Crippen LogP contribution in [0.2, 0.25) is 0 Å². The molecule has 1 aromatic heterocycles. The molecule has 0 saturated carbocycles. The molecule has 1 heterocycles. The standard InChI is InChI=1S/C11H11NO/c1-8-5-10-6-11(13-2)4-3-9(10)7-12-8/h3-7H,1-2H3. The van der Waals surface area contributed by atoms with Crippen molar-refractivity contribution in [2.45, 2.75) is 6.92 Å². The van der Waals surface area contributed by atoms with Crippen LogP contribution in [0.5, 0.6) is 5.75 Å². The summed E-state index contributed by atoms with van der Waals surface area (Å²) in [4.78, 5) is 4.22. The second kappa shape index (κ2) is 3.05. The summed E-state index contributed by atoms with van der Waals surface area (Å²) >= 11 is 0. The molecule has 0 bridgehead atoms. The molecule has 1 aromatic carbocycles. The van der Waals surface area contributed by atoms with Crippen LogP contribution in [0.15, 0.2) is 30.5 Å². The number of fused-ring (bicyclic) bond motifs is 1. The van der Waals surface area contributed by atoms with Crippen LogP contribution >= 0.6 is 0 Å². The van der Waals surface area contributed by atoms with Gasteiger partial charge in [-0.1, -0.05) is 0 Å². The molecule has 2 aromatic rings. The molecule has 0 aliphatic rings. The van der Waals surface area contributed by atoms with Crippen LogP contribution in [0, 0.1) is 6.92 Å². The van der Waals surface area contributed by atoms with Crippen molar-refractivity contribution >= 4 is 10.8 Å². The minimum Gasteiger partial charge on any atom is -0.497 e. The first-order valence-corrected chi connectivity index (χ1v) is 4.20. The number of pyridine rings is 1. The van der Waals surface area contributed by atoms with E-state index in [2.05, 4.69) is 11.1 Å². The SMILES string of the molecule is COc1ccc2cnc(C)cc2c1. The number of methoxy groups -OCH3 is 1. The molecule has 0 fully saturated rings. The van der Waals surface area contributed by atoms with Gasteiger partial charge in [0.15, 0.2) is 0 Å². The monoisotopic (exact) mass is 173 g/mol. The number of rotatable bonds is 1. The predicted molar refractivity (Wildman–Crippen MR) is 53.0 cm³/mol. The van der Waals surface area contributed by atoms with E-state index in [1.807, 2.05) is 31.3 Å². The number of ether oxygens (including phenoxy) is 1. The number of benzene rings is 1. The van der Waals surface area contributed by atoms with Gasteiger partial charge in [-0.3, -0.25) is 4.98 Å². The summed E-state index contributed by atoms with van der Waals surface area (Å²) in [6.45, 7) is 1.99. The summed E-state index contributed by atoms with van der Waals surface area (Å²) in [5, 5.41) is 2.32. The lowest BCUT2D eigenvalue weighted by Gasteiger charge is -2.02. The zero-order valence-electron chi connectivity index (χ0n) is 7.74. The van der Waals surface area contributed by atoms with Crippen LogP contribution in [0.25, 0.3) is 10.8 Å². The smallest absolute Gasteiger partial charge is 0.119 e. The van der Waals surface area contributed by atoms with Crippen molar-refractivity contribution in [3.63, 3.8) is 0 Å². The van der Waals surface area contributed by atoms with Crippen LogP contribution in [0.1, 0.15) is 5.69 Å². The Balaban J connectivity index is 2.68. The Morgan fingerprint density at radius 3 is 2.77 bits per heavy atom. The van der Waals surface area contributed by atoms with Crippen molar-refractivity contribution in [3.05, 3.63) is 36.2 Å². The average Bonchev–Trinajstić information content (AvgIpc) is 2.16. The Morgan fingerprint density at radius 2 is 2.00 bits per heavy atom. The largest absolute Gasteiger partial charge is 0.497 e. The lowest BCUT2D eigenvalue weighted by molar-refractivity contribution is 0.415. The van der Waals surface area contributed by atoms with Crippen molar-refractivity contribution < 1.29 is 4.74 Å². The quantitative estimate of drug-likeness (QED) is 0.661. The first-order valence-electron chi connectivity index (χ1n) is 4.20. The van der Waals surface area contributed by atoms with E-state index in [0.717, 1.165) is 16.8 Å². The highest BCUT2D eigenvalue weighted by Crippen LogP contribution is 2.20. The zero-order chi connectivity index (χ0) is 9.26. The molecule has 0 aliphatic carbocycles. The van der Waals surface area contributed by atoms with Gasteiger partial charge in [0.25, 0.3) is 0 Å². The number of hydrogen-bond donors (Lipinski definition) is 0. The van der Waals surface area contributed by atoms with E-state index in [0.29, 0.717) is 0 Å². The normalized spacial score (nSPS) is 10.3. The molecule has 0 spiro atoms. The van der Waals surface area contributed by atoms with Crippen LogP contribution < -0.4 is 4.74 Å². The molecule has 2 nitrogen and oxygen atoms in total. The maximum Gasteiger partial charge on any atom is 0.119 e. The summed E-state index contributed by atoms with van der Waals surface area (Å²) in [7, 11) is 1.68. The Labute approximate surface area is 77.2 Å². The summed E-state index contributed by atoms with van der Waals surface area (Å²) in [6.07, 6.45) is 1.88. The van der Waals surface area contributed by atoms with Gasteiger partial charge in [0, 0.05) is 17.3 Å². The van der Waals surface area contributed by atoms with Gasteiger partial charge in [0.05, 0.1) is 7.11 Å². The van der Waals surface area contributed by atoms with E-state index in [-0.39, 0.29) is 0 Å². The van der Waals surface area contributed by atoms with Gasteiger partial charge in [-0.25, -0.2) is 0 Å². The Bertz CT molecular complexity index is 437. The molecule has 0 radical (unpaired) electrons. The number of aromatic nitrogens is 1. The van der Waals surface area contributed by atoms with Crippen LogP contribution in [-0.4, -0.2) is 12.1 Å². The highest BCUT2D eigenvalue weighted by Gasteiger charge is 1.96. The second-order valence-corrected chi connectivity index (χ2v) is 3.04. The molecule has 0 aliphatic heterocycles. The Morgan fingerprint density at radius 1 is 1.15 bits per heavy atom. The first-order chi connectivity index (χ1) is 6.29. The van der Waals surface area contributed by atoms with Crippen molar-refractivity contribution in [1.29, 1.82) is 0 Å². The number of aryl methyl sites for hydroxylation is 1. The molecule has 0 saturated heterocycles. The number of nitrogens with zero attached hydrogens (tertiary/aromatic N) is 1. The van der Waals surface area contributed by atoms with E-state index in [4.69, 9.17) is 4.74 Å². The van der Waals surface area contributed by atoms with Crippen molar-refractivity contribution in [2.24, 2.45) is 0 Å². The first kappa shape index (κ1) is 8.05. The third kappa shape index (κ3) is 1.47. The zero-order valence-corrected chi connectivity index (χ0v) is 7.74. The van der Waals surface area contributed by atoms with E-state index in [9.17, 15) is 0 Å². The van der Waals surface area contributed by atoms with E-state index in [1.54, 1.807) is 7.11 Å². The van der Waals surface area contributed by atoms with Gasteiger partial charge in [-0.2, -0.15) is 0 Å². The highest BCUT2D eigenvalue weighted by atomic mass is 16.5. The molecule has 0 atom stereocenters. The van der Waals surface area contributed by atoms with Gasteiger partial charge < -0.3 is 4.74 Å². The summed E-state index contributed by atoms with van der Waals surface area (Å²) in [5.41, 5.74) is 1.03. The van der Waals surface area contributed by atoms with Gasteiger partial charge in [-0.05, 0) is 36.6 Å². The second-order valence-electron chi connectivity index (χ2n) is 3.04. The van der Waals surface area contributed by atoms with Crippen molar-refractivity contribution in [1.82, 2.24) is 4.98 Å². The summed E-state index contributed by atoms with van der Waals surface area (Å²) in [6, 6.07) is 8.03. The van der Waals surface area contributed by atoms with Gasteiger partial charge in [0.2, 0.25) is 0 Å². The fourth-order valence-electron chi connectivity index (χ4n) is 1.36. The van der Waals surface area contributed by atoms with E-state index < -0.39 is 0 Å². The van der Waals surface area contributed by atoms with Gasteiger partial charge >= 0.3 is 0 Å². The minimum atomic E-state index is 0.887. The molecular formula is C11H11NO. The number of hydrogen-bond acceptors (Lipinski definition) is 2. The predicted octanol–water partition coefficient (Wildman–Crippen LogP) is 2.55. The molecule has 0 amide bonds. The summed E-state index contributed by atoms with van der Waals surface area (Å²) < 4.78 is 5.14. The molecule has 2 heteroatoms. The molecule has 0 N–H and O–H groups in total. The van der Waals surface area contributed by atoms with Crippen molar-refractivity contribution in [3.8, 4) is 5.75 Å². The maximum absolute atomic E-state index is 5.14. The highest BCUT2D eigenvalue weighted by molar-refractivity contribution is 5.83. The van der Waals surface area contributed by atoms with Gasteiger partial charge in [-0.15, -0.1) is 0 Å². The lowest BCUT2D eigenvalue weighted by Crippen LogP contribution is -1.84. The average molecular weight is 173 g/mol. The lowest BCUT2D eigenvalue weighted by atomic mass is 10.1. The fraction of sp³-hybridized carbons (Fsp3) is 0.182. The summed E-state index contributed by atoms with van der Waals surface area (Å²) in [5.74, 6) is 0.887. The van der Waals surface area contributed by atoms with Crippen LogP contribution in [0.3, 0.4) is 0 Å². The van der Waals surface area contributed by atoms with Gasteiger partial charge in [0.1, 0.15) is 5.75 Å². The van der Waals surface area contributed by atoms with Crippen LogP contribution in [0.4, 0.5) is 0 Å². The molecule has 2 rings (SSSR count). The Kier molecular flexibility index (Phi) is 1.89. The topological polar surface area (TPSA) is 22.1 Å². The minimum absolute atomic E-state index is 0.887. The van der Waals surface area contributed by atoms with E-state index >= 15 is 0 Å². The third-order valence-corrected chi connectivity index (χ3v) is 2.07. The fourth-order valence-corrected chi connectivity index (χ4v) is 1.36. The third-order valence-electron chi connectivity index (χ3n) is 2.07. The molecule has 13 heavy (non-hydrogen) atoms.